The highest BCUT2D eigenvalue weighted by molar-refractivity contribution is 5.54. The minimum atomic E-state index is -0.737. The van der Waals surface area contributed by atoms with Crippen molar-refractivity contribution in [3.05, 3.63) is 29.6 Å². The Morgan fingerprint density at radius 2 is 2.00 bits per heavy atom. The van der Waals surface area contributed by atoms with E-state index in [1.807, 2.05) is 11.8 Å². The molecular weight excluding hydrogens is 209 g/mol. The van der Waals surface area contributed by atoms with Crippen molar-refractivity contribution in [3.63, 3.8) is 0 Å². The zero-order valence-electron chi connectivity index (χ0n) is 9.81. The Balaban J connectivity index is 3.12. The van der Waals surface area contributed by atoms with Gasteiger partial charge in [0.2, 0.25) is 0 Å². The van der Waals surface area contributed by atoms with Gasteiger partial charge in [-0.2, -0.15) is 0 Å². The second kappa shape index (κ2) is 5.27. The Bertz CT molecular complexity index is 355. The fraction of sp³-hybridized carbons (Fsp3) is 0.500. The maximum atomic E-state index is 13.1. The molecule has 0 bridgehead atoms. The van der Waals surface area contributed by atoms with E-state index in [4.69, 9.17) is 5.11 Å². The van der Waals surface area contributed by atoms with E-state index < -0.39 is 6.10 Å². The number of rotatable bonds is 4. The van der Waals surface area contributed by atoms with Gasteiger partial charge in [-0.1, -0.05) is 0 Å². The number of aliphatic hydroxyl groups is 2. The van der Waals surface area contributed by atoms with Gasteiger partial charge in [-0.15, -0.1) is 0 Å². The molecule has 1 unspecified atom stereocenters. The summed E-state index contributed by atoms with van der Waals surface area (Å²) in [6, 6.07) is 4.20. The Morgan fingerprint density at radius 3 is 2.50 bits per heavy atom. The second-order valence-corrected chi connectivity index (χ2v) is 4.02. The molecule has 90 valence electrons. The highest BCUT2D eigenvalue weighted by Crippen LogP contribution is 2.27. The number of benzene rings is 1. The summed E-state index contributed by atoms with van der Waals surface area (Å²) in [5.74, 6) is -0.371. The summed E-state index contributed by atoms with van der Waals surface area (Å²) in [7, 11) is 1.81. The van der Waals surface area contributed by atoms with Crippen LogP contribution in [0.25, 0.3) is 0 Å². The van der Waals surface area contributed by atoms with Gasteiger partial charge in [-0.3, -0.25) is 0 Å². The molecule has 2 N–H and O–H groups in total. The molecule has 1 aromatic rings. The minimum absolute atomic E-state index is 0.00707. The van der Waals surface area contributed by atoms with Gasteiger partial charge in [-0.05, 0) is 32.0 Å². The van der Waals surface area contributed by atoms with Crippen molar-refractivity contribution in [3.8, 4) is 0 Å². The van der Waals surface area contributed by atoms with E-state index in [1.54, 1.807) is 20.0 Å². The molecule has 0 aliphatic carbocycles. The molecule has 0 aliphatic heterocycles. The van der Waals surface area contributed by atoms with E-state index in [1.165, 1.54) is 12.1 Å². The van der Waals surface area contributed by atoms with Crippen LogP contribution in [0, 0.1) is 5.82 Å². The number of likely N-dealkylation sites (N-methyl/N-ethyl adjacent to an activating group) is 1. The molecule has 0 aliphatic rings. The van der Waals surface area contributed by atoms with E-state index >= 15 is 0 Å². The van der Waals surface area contributed by atoms with Gasteiger partial charge in [-0.25, -0.2) is 4.39 Å². The van der Waals surface area contributed by atoms with Gasteiger partial charge in [0.15, 0.2) is 0 Å². The number of nitrogens with zero attached hydrogens (tertiary/aromatic N) is 1. The topological polar surface area (TPSA) is 43.7 Å². The third-order valence-corrected chi connectivity index (χ3v) is 2.75. The predicted molar refractivity (Wildman–Crippen MR) is 62.0 cm³/mol. The van der Waals surface area contributed by atoms with E-state index in [2.05, 4.69) is 0 Å². The van der Waals surface area contributed by atoms with Gasteiger partial charge < -0.3 is 15.1 Å². The molecule has 4 heteroatoms. The molecule has 0 aromatic heterocycles. The normalized spacial score (nSPS) is 14.6. The Labute approximate surface area is 95.1 Å². The SMILES string of the molecule is CC(CO)N(C)c1ccc(F)cc1[C@H](C)O. The summed E-state index contributed by atoms with van der Waals surface area (Å²) in [6.07, 6.45) is -0.737. The smallest absolute Gasteiger partial charge is 0.123 e. The van der Waals surface area contributed by atoms with Crippen molar-refractivity contribution < 1.29 is 14.6 Å². The summed E-state index contributed by atoms with van der Waals surface area (Å²) in [6.45, 7) is 3.46. The molecule has 0 saturated carbocycles. The van der Waals surface area contributed by atoms with Crippen molar-refractivity contribution in [2.45, 2.75) is 26.0 Å². The third kappa shape index (κ3) is 2.71. The molecule has 0 amide bonds. The monoisotopic (exact) mass is 227 g/mol. The van der Waals surface area contributed by atoms with Crippen molar-refractivity contribution in [1.29, 1.82) is 0 Å². The molecule has 0 heterocycles. The minimum Gasteiger partial charge on any atom is -0.394 e. The van der Waals surface area contributed by atoms with E-state index in [0.717, 1.165) is 5.69 Å². The molecule has 1 rings (SSSR count). The van der Waals surface area contributed by atoms with Crippen molar-refractivity contribution in [2.24, 2.45) is 0 Å². The Hall–Kier alpha value is -1.13. The number of halogens is 1. The molecule has 1 aromatic carbocycles. The van der Waals surface area contributed by atoms with E-state index in [9.17, 15) is 9.50 Å². The Kier molecular flexibility index (Phi) is 4.26. The lowest BCUT2D eigenvalue weighted by molar-refractivity contribution is 0.198. The molecule has 0 radical (unpaired) electrons. The third-order valence-electron chi connectivity index (χ3n) is 2.75. The number of anilines is 1. The van der Waals surface area contributed by atoms with Crippen molar-refractivity contribution in [2.75, 3.05) is 18.6 Å². The summed E-state index contributed by atoms with van der Waals surface area (Å²) >= 11 is 0. The molecule has 0 fully saturated rings. The maximum absolute atomic E-state index is 13.1. The van der Waals surface area contributed by atoms with Crippen LogP contribution in [0.3, 0.4) is 0 Å². The van der Waals surface area contributed by atoms with Gasteiger partial charge in [0.25, 0.3) is 0 Å². The maximum Gasteiger partial charge on any atom is 0.123 e. The average Bonchev–Trinajstić information content (AvgIpc) is 2.26. The summed E-state index contributed by atoms with van der Waals surface area (Å²) in [4.78, 5) is 1.82. The summed E-state index contributed by atoms with van der Waals surface area (Å²) < 4.78 is 13.1. The van der Waals surface area contributed by atoms with E-state index in [-0.39, 0.29) is 18.5 Å². The lowest BCUT2D eigenvalue weighted by Gasteiger charge is -2.28. The van der Waals surface area contributed by atoms with Crippen LogP contribution in [0.5, 0.6) is 0 Å². The first kappa shape index (κ1) is 12.9. The zero-order chi connectivity index (χ0) is 12.3. The Morgan fingerprint density at radius 1 is 1.38 bits per heavy atom. The number of hydrogen-bond acceptors (Lipinski definition) is 3. The van der Waals surface area contributed by atoms with E-state index in [0.29, 0.717) is 5.56 Å². The molecule has 0 spiro atoms. The summed E-state index contributed by atoms with van der Waals surface area (Å²) in [5.41, 5.74) is 1.26. The van der Waals surface area contributed by atoms with Crippen LogP contribution >= 0.6 is 0 Å². The lowest BCUT2D eigenvalue weighted by Crippen LogP contribution is -2.32. The highest BCUT2D eigenvalue weighted by atomic mass is 19.1. The molecule has 2 atom stereocenters. The summed E-state index contributed by atoms with van der Waals surface area (Å²) in [5, 5.41) is 18.6. The molecule has 3 nitrogen and oxygen atoms in total. The second-order valence-electron chi connectivity index (χ2n) is 4.02. The van der Waals surface area contributed by atoms with Crippen LogP contribution < -0.4 is 4.90 Å². The number of aliphatic hydroxyl groups excluding tert-OH is 2. The molecule has 16 heavy (non-hydrogen) atoms. The fourth-order valence-electron chi connectivity index (χ4n) is 1.54. The fourth-order valence-corrected chi connectivity index (χ4v) is 1.54. The van der Waals surface area contributed by atoms with Gasteiger partial charge in [0, 0.05) is 24.3 Å². The highest BCUT2D eigenvalue weighted by Gasteiger charge is 2.16. The quantitative estimate of drug-likeness (QED) is 0.822. The standard InChI is InChI=1S/C12H18FNO2/c1-8(7-15)14(3)12-5-4-10(13)6-11(12)9(2)16/h4-6,8-9,15-16H,7H2,1-3H3/t8?,9-/m0/s1. The van der Waals surface area contributed by atoms with Crippen LogP contribution in [0.15, 0.2) is 18.2 Å². The zero-order valence-corrected chi connectivity index (χ0v) is 9.81. The number of hydrogen-bond donors (Lipinski definition) is 2. The lowest BCUT2D eigenvalue weighted by atomic mass is 10.1. The van der Waals surface area contributed by atoms with Crippen LogP contribution in [-0.2, 0) is 0 Å². The van der Waals surface area contributed by atoms with Crippen LogP contribution in [0.2, 0.25) is 0 Å². The predicted octanol–water partition coefficient (Wildman–Crippen LogP) is 1.70. The molecule has 0 saturated heterocycles. The van der Waals surface area contributed by atoms with Gasteiger partial charge in [0.05, 0.1) is 12.7 Å². The largest absolute Gasteiger partial charge is 0.394 e. The first-order valence-electron chi connectivity index (χ1n) is 5.28. The van der Waals surface area contributed by atoms with Crippen LogP contribution in [-0.4, -0.2) is 29.9 Å². The van der Waals surface area contributed by atoms with Crippen LogP contribution in [0.1, 0.15) is 25.5 Å². The van der Waals surface area contributed by atoms with Crippen LogP contribution in [0.4, 0.5) is 10.1 Å². The first-order valence-corrected chi connectivity index (χ1v) is 5.28. The molecular formula is C12H18FNO2. The van der Waals surface area contributed by atoms with Crippen molar-refractivity contribution >= 4 is 5.69 Å². The van der Waals surface area contributed by atoms with Gasteiger partial charge in [0.1, 0.15) is 5.82 Å². The average molecular weight is 227 g/mol. The van der Waals surface area contributed by atoms with Crippen molar-refractivity contribution in [1.82, 2.24) is 0 Å². The van der Waals surface area contributed by atoms with Gasteiger partial charge >= 0.3 is 0 Å². The first-order chi connectivity index (χ1) is 7.47.